The third-order valence-corrected chi connectivity index (χ3v) is 7.78. The molecular formula is C24H28N2O3S2. The van der Waals surface area contributed by atoms with Crippen molar-refractivity contribution in [2.45, 2.75) is 50.6 Å². The lowest BCUT2D eigenvalue weighted by Gasteiger charge is -2.25. The third-order valence-electron chi connectivity index (χ3n) is 6.99. The molecule has 1 aliphatic carbocycles. The zero-order valence-corrected chi connectivity index (χ0v) is 19.1. The molecule has 2 unspecified atom stereocenters. The largest absolute Gasteiger partial charge is 0.302 e. The molecule has 1 aromatic rings. The number of ketones is 2. The lowest BCUT2D eigenvalue weighted by atomic mass is 9.80. The van der Waals surface area contributed by atoms with Crippen molar-refractivity contribution >= 4 is 52.0 Å². The molecule has 5 atom stereocenters. The fourth-order valence-corrected chi connectivity index (χ4v) is 5.99. The number of nitrogens with one attached hydrogen (secondary N) is 2. The lowest BCUT2D eigenvalue weighted by Crippen LogP contribution is -2.47. The quantitative estimate of drug-likeness (QED) is 0.459. The number of thiocarbonyl (C=S) groups is 2. The molecule has 31 heavy (non-hydrogen) atoms. The Bertz CT molecular complexity index is 916. The predicted octanol–water partition coefficient (Wildman–Crippen LogP) is 2.21. The summed E-state index contributed by atoms with van der Waals surface area (Å²) in [6, 6.07) is 7.32. The van der Waals surface area contributed by atoms with Crippen LogP contribution in [0.15, 0.2) is 24.3 Å². The smallest absolute Gasteiger partial charge is 0.160 e. The number of Topliss-reactive ketones (excluding diaryl/α,β-unsaturated/α-hetero) is 2. The molecule has 0 bridgehead atoms. The molecule has 2 fully saturated rings. The Morgan fingerprint density at radius 2 is 1.74 bits per heavy atom. The Morgan fingerprint density at radius 1 is 1.03 bits per heavy atom. The fraction of sp³-hybridized carbons (Fsp3) is 0.542. The molecule has 0 saturated carbocycles. The minimum atomic E-state index is -0.674. The molecule has 0 spiro atoms. The van der Waals surface area contributed by atoms with Crippen LogP contribution in [0.25, 0.3) is 0 Å². The third kappa shape index (κ3) is 4.75. The van der Waals surface area contributed by atoms with Gasteiger partial charge in [-0.3, -0.25) is 9.59 Å². The van der Waals surface area contributed by atoms with Crippen molar-refractivity contribution in [3.05, 3.63) is 35.4 Å². The number of aryl methyl sites for hydroxylation is 1. The molecule has 5 nitrogen and oxygen atoms in total. The summed E-state index contributed by atoms with van der Waals surface area (Å²) < 4.78 is 0. The maximum atomic E-state index is 13.2. The van der Waals surface area contributed by atoms with Crippen molar-refractivity contribution in [3.63, 3.8) is 0 Å². The Labute approximate surface area is 193 Å². The first kappa shape index (κ1) is 22.5. The zero-order chi connectivity index (χ0) is 22.0. The Morgan fingerprint density at radius 3 is 2.52 bits per heavy atom. The molecule has 0 radical (unpaired) electrons. The van der Waals surface area contributed by atoms with Gasteiger partial charge in [0.25, 0.3) is 0 Å². The van der Waals surface area contributed by atoms with E-state index < -0.39 is 23.9 Å². The van der Waals surface area contributed by atoms with Crippen LogP contribution in [-0.2, 0) is 27.2 Å². The van der Waals surface area contributed by atoms with E-state index in [2.05, 4.69) is 34.9 Å². The highest BCUT2D eigenvalue weighted by molar-refractivity contribution is 7.80. The Hall–Kier alpha value is -1.67. The van der Waals surface area contributed by atoms with Gasteiger partial charge in [0.1, 0.15) is 12.1 Å². The summed E-state index contributed by atoms with van der Waals surface area (Å²) in [5.74, 6) is -0.809. The van der Waals surface area contributed by atoms with Gasteiger partial charge in [0.2, 0.25) is 0 Å². The van der Waals surface area contributed by atoms with Crippen LogP contribution in [0.1, 0.15) is 36.8 Å². The molecule has 0 amide bonds. The number of fused-ring (bicyclic) bond motifs is 1. The highest BCUT2D eigenvalue weighted by Gasteiger charge is 2.47. The van der Waals surface area contributed by atoms with Gasteiger partial charge in [-0.1, -0.05) is 48.7 Å². The van der Waals surface area contributed by atoms with Gasteiger partial charge in [0.15, 0.2) is 5.78 Å². The maximum absolute atomic E-state index is 13.2. The van der Waals surface area contributed by atoms with E-state index in [1.807, 2.05) is 0 Å². The maximum Gasteiger partial charge on any atom is 0.160 e. The van der Waals surface area contributed by atoms with Crippen molar-refractivity contribution in [2.24, 2.45) is 17.8 Å². The van der Waals surface area contributed by atoms with Gasteiger partial charge in [0, 0.05) is 29.2 Å². The van der Waals surface area contributed by atoms with Crippen LogP contribution in [0.5, 0.6) is 0 Å². The number of aldehydes is 1. The first-order chi connectivity index (χ1) is 15.0. The molecule has 3 aliphatic rings. The number of hydrogen-bond acceptors (Lipinski definition) is 7. The van der Waals surface area contributed by atoms with Crippen LogP contribution in [-0.4, -0.2) is 52.8 Å². The predicted molar refractivity (Wildman–Crippen MR) is 128 cm³/mol. The summed E-state index contributed by atoms with van der Waals surface area (Å²) in [7, 11) is 0. The van der Waals surface area contributed by atoms with Gasteiger partial charge < -0.3 is 15.4 Å². The molecule has 2 N–H and O–H groups in total. The summed E-state index contributed by atoms with van der Waals surface area (Å²) >= 11 is 10.8. The van der Waals surface area contributed by atoms with Gasteiger partial charge in [0.05, 0.1) is 23.9 Å². The number of hydrogen-bond donors (Lipinski definition) is 2. The summed E-state index contributed by atoms with van der Waals surface area (Å²) in [5.41, 5.74) is 2.88. The second-order valence-corrected chi connectivity index (χ2v) is 9.98. The first-order valence-corrected chi connectivity index (χ1v) is 11.9. The minimum absolute atomic E-state index is 0.0316. The summed E-state index contributed by atoms with van der Waals surface area (Å²) in [5, 5.41) is 6.08. The van der Waals surface area contributed by atoms with Crippen molar-refractivity contribution in [3.8, 4) is 0 Å². The monoisotopic (exact) mass is 456 g/mol. The second kappa shape index (κ2) is 9.86. The number of rotatable bonds is 8. The molecule has 2 heterocycles. The number of carbonyl (C=O) groups excluding carboxylic acids is 3. The summed E-state index contributed by atoms with van der Waals surface area (Å²) in [6.07, 6.45) is 6.33. The molecule has 2 saturated heterocycles. The van der Waals surface area contributed by atoms with Crippen LogP contribution in [0.2, 0.25) is 0 Å². The zero-order valence-electron chi connectivity index (χ0n) is 17.5. The van der Waals surface area contributed by atoms with E-state index in [0.29, 0.717) is 35.2 Å². The van der Waals surface area contributed by atoms with Gasteiger partial charge in [-0.05, 0) is 49.1 Å². The number of benzene rings is 1. The number of carbonyl (C=O) groups is 3. The average molecular weight is 457 g/mol. The van der Waals surface area contributed by atoms with E-state index in [4.69, 9.17) is 24.4 Å². The average Bonchev–Trinajstić information content (AvgIpc) is 3.35. The molecular weight excluding hydrogens is 428 g/mol. The van der Waals surface area contributed by atoms with Crippen LogP contribution in [0.4, 0.5) is 0 Å². The van der Waals surface area contributed by atoms with E-state index in [1.54, 1.807) is 0 Å². The van der Waals surface area contributed by atoms with Crippen LogP contribution in [0.3, 0.4) is 0 Å². The highest BCUT2D eigenvalue weighted by atomic mass is 32.1. The summed E-state index contributed by atoms with van der Waals surface area (Å²) in [6.45, 7) is 0.746. The molecule has 7 heteroatoms. The molecule has 4 rings (SSSR count). The van der Waals surface area contributed by atoms with Gasteiger partial charge in [-0.15, -0.1) is 0 Å². The minimum Gasteiger partial charge on any atom is -0.302 e. The van der Waals surface area contributed by atoms with Crippen LogP contribution >= 0.6 is 24.4 Å². The topological polar surface area (TPSA) is 75.3 Å². The van der Waals surface area contributed by atoms with Gasteiger partial charge >= 0.3 is 0 Å². The second-order valence-electron chi connectivity index (χ2n) is 8.93. The van der Waals surface area contributed by atoms with E-state index in [0.717, 1.165) is 38.4 Å². The van der Waals surface area contributed by atoms with Gasteiger partial charge in [-0.2, -0.15) is 0 Å². The van der Waals surface area contributed by atoms with E-state index >= 15 is 0 Å². The molecule has 0 aromatic heterocycles. The van der Waals surface area contributed by atoms with Crippen molar-refractivity contribution in [1.29, 1.82) is 0 Å². The van der Waals surface area contributed by atoms with E-state index in [1.165, 1.54) is 11.1 Å². The highest BCUT2D eigenvalue weighted by Crippen LogP contribution is 2.30. The Balaban J connectivity index is 1.34. The summed E-state index contributed by atoms with van der Waals surface area (Å²) in [4.78, 5) is 38.7. The first-order valence-electron chi connectivity index (χ1n) is 11.1. The van der Waals surface area contributed by atoms with Crippen LogP contribution in [0, 0.1) is 17.8 Å². The molecule has 164 valence electrons. The van der Waals surface area contributed by atoms with Gasteiger partial charge in [-0.25, -0.2) is 0 Å². The molecule has 1 aromatic carbocycles. The Kier molecular flexibility index (Phi) is 7.16. The standard InChI is InChI=1S/C24H28N2O3S2/c27-13-17-21(19(30)11-25-17)24(29)23-22(20(31)12-26-23)18(28)7-3-4-14-8-9-15-5-1-2-6-16(15)10-14/h1-2,5-6,13-14,17,21-23,25-26H,3-4,7-12H2/t14-,17+,21?,22?,23-/m0/s1. The van der Waals surface area contributed by atoms with E-state index in [-0.39, 0.29) is 11.6 Å². The van der Waals surface area contributed by atoms with Crippen molar-refractivity contribution < 1.29 is 14.4 Å². The van der Waals surface area contributed by atoms with Crippen molar-refractivity contribution in [1.82, 2.24) is 10.6 Å². The van der Waals surface area contributed by atoms with Crippen LogP contribution < -0.4 is 10.6 Å². The fourth-order valence-electron chi connectivity index (χ4n) is 5.30. The van der Waals surface area contributed by atoms with Crippen molar-refractivity contribution in [2.75, 3.05) is 13.1 Å². The SMILES string of the molecule is O=C[C@H]1NCC(=S)C1C(=O)[C@H]1NCC(=S)C1C(=O)CCC[C@H]1CCc2ccccc2C1. The lowest BCUT2D eigenvalue weighted by molar-refractivity contribution is -0.129. The van der Waals surface area contributed by atoms with E-state index in [9.17, 15) is 14.4 Å². The normalized spacial score (nSPS) is 30.3. The molecule has 2 aliphatic heterocycles.